The lowest BCUT2D eigenvalue weighted by Gasteiger charge is -2.42. The van der Waals surface area contributed by atoms with Gasteiger partial charge in [0.1, 0.15) is 23.3 Å². The molecule has 4 rings (SSSR count). The minimum atomic E-state index is -0.914. The van der Waals surface area contributed by atoms with Crippen molar-refractivity contribution in [3.05, 3.63) is 65.0 Å². The largest absolute Gasteiger partial charge is 0.485 e. The van der Waals surface area contributed by atoms with Crippen molar-refractivity contribution in [1.29, 1.82) is 0 Å². The predicted octanol–water partition coefficient (Wildman–Crippen LogP) is 4.49. The van der Waals surface area contributed by atoms with Crippen LogP contribution in [0.1, 0.15) is 73.0 Å². The van der Waals surface area contributed by atoms with Gasteiger partial charge in [-0.2, -0.15) is 0 Å². The Morgan fingerprint density at radius 3 is 2.50 bits per heavy atom. The first-order chi connectivity index (χ1) is 13.3. The van der Waals surface area contributed by atoms with E-state index in [1.54, 1.807) is 0 Å². The van der Waals surface area contributed by atoms with Crippen LogP contribution >= 0.6 is 0 Å². The summed E-state index contributed by atoms with van der Waals surface area (Å²) in [6, 6.07) is 10.9. The second-order valence-electron chi connectivity index (χ2n) is 8.39. The van der Waals surface area contributed by atoms with E-state index in [1.807, 2.05) is 19.9 Å². The van der Waals surface area contributed by atoms with Crippen LogP contribution in [0.2, 0.25) is 0 Å². The molecule has 148 valence electrons. The first-order valence-electron chi connectivity index (χ1n) is 9.92. The fraction of sp³-hybridized carbons (Fsp3) is 0.435. The van der Waals surface area contributed by atoms with Gasteiger partial charge in [-0.15, -0.1) is 0 Å². The van der Waals surface area contributed by atoms with Gasteiger partial charge in [0, 0.05) is 11.1 Å². The Morgan fingerprint density at radius 1 is 1.14 bits per heavy atom. The van der Waals surface area contributed by atoms with Crippen LogP contribution < -0.4 is 10.1 Å². The Labute approximate surface area is 164 Å². The maximum atomic E-state index is 13.2. The molecule has 0 radical (unpaired) electrons. The highest BCUT2D eigenvalue weighted by molar-refractivity contribution is 5.94. The Morgan fingerprint density at radius 2 is 1.82 bits per heavy atom. The van der Waals surface area contributed by atoms with Crippen molar-refractivity contribution in [3.63, 3.8) is 0 Å². The molecule has 2 aromatic rings. The van der Waals surface area contributed by atoms with Crippen LogP contribution in [-0.2, 0) is 0 Å². The molecule has 2 unspecified atom stereocenters. The molecule has 1 aliphatic heterocycles. The molecule has 0 bridgehead atoms. The molecule has 2 N–H and O–H groups in total. The average Bonchev–Trinajstić information content (AvgIpc) is 3.20. The number of fused-ring (bicyclic) bond motifs is 1. The number of rotatable bonds is 3. The van der Waals surface area contributed by atoms with Crippen molar-refractivity contribution in [2.24, 2.45) is 0 Å². The fourth-order valence-corrected chi connectivity index (χ4v) is 4.31. The number of carbonyl (C=O) groups excluding carboxylic acids is 1. The standard InChI is InChI=1S/C23H26FNO3/c1-23(2)21(26)20(25-22(27)15-7-10-17(24)11-8-15)18-13-16(9-12-19(18)28-23)14-5-3-4-6-14/h7-14,20-21,26H,3-6H2,1-2H3,(H,25,27). The molecule has 1 saturated carbocycles. The highest BCUT2D eigenvalue weighted by atomic mass is 19.1. The topological polar surface area (TPSA) is 58.6 Å². The zero-order valence-electron chi connectivity index (χ0n) is 16.2. The van der Waals surface area contributed by atoms with Crippen molar-refractivity contribution >= 4 is 5.91 Å². The Hall–Kier alpha value is -2.40. The van der Waals surface area contributed by atoms with Crippen molar-refractivity contribution in [3.8, 4) is 5.75 Å². The SMILES string of the molecule is CC1(C)Oc2ccc(C3CCCC3)cc2C(NC(=O)c2ccc(F)cc2)C1O. The van der Waals surface area contributed by atoms with Crippen LogP contribution in [0, 0.1) is 5.82 Å². The van der Waals surface area contributed by atoms with E-state index in [1.165, 1.54) is 55.5 Å². The van der Waals surface area contributed by atoms with E-state index >= 15 is 0 Å². The smallest absolute Gasteiger partial charge is 0.251 e. The van der Waals surface area contributed by atoms with Gasteiger partial charge in [-0.1, -0.05) is 18.9 Å². The monoisotopic (exact) mass is 383 g/mol. The van der Waals surface area contributed by atoms with Crippen molar-refractivity contribution in [2.75, 3.05) is 0 Å². The lowest BCUT2D eigenvalue weighted by Crippen LogP contribution is -2.53. The lowest BCUT2D eigenvalue weighted by molar-refractivity contribution is -0.0628. The minimum absolute atomic E-state index is 0.348. The first-order valence-corrected chi connectivity index (χ1v) is 9.92. The number of ether oxygens (including phenoxy) is 1. The van der Waals surface area contributed by atoms with Crippen LogP contribution in [-0.4, -0.2) is 22.7 Å². The Kier molecular flexibility index (Phi) is 4.88. The maximum absolute atomic E-state index is 13.2. The van der Waals surface area contributed by atoms with E-state index in [0.717, 1.165) is 5.56 Å². The summed E-state index contributed by atoms with van der Waals surface area (Å²) >= 11 is 0. The van der Waals surface area contributed by atoms with Gasteiger partial charge in [-0.05, 0) is 74.6 Å². The van der Waals surface area contributed by atoms with E-state index in [0.29, 0.717) is 17.2 Å². The molecular formula is C23H26FNO3. The first kappa shape index (κ1) is 18.9. The zero-order valence-corrected chi connectivity index (χ0v) is 16.2. The van der Waals surface area contributed by atoms with Gasteiger partial charge in [0.25, 0.3) is 5.91 Å². The number of carbonyl (C=O) groups is 1. The Bertz CT molecular complexity index is 872. The highest BCUT2D eigenvalue weighted by Gasteiger charge is 2.44. The summed E-state index contributed by atoms with van der Waals surface area (Å²) in [5.41, 5.74) is 1.54. The lowest BCUT2D eigenvalue weighted by atomic mass is 9.84. The van der Waals surface area contributed by atoms with Gasteiger partial charge in [0.2, 0.25) is 0 Å². The summed E-state index contributed by atoms with van der Waals surface area (Å²) in [7, 11) is 0. The predicted molar refractivity (Wildman–Crippen MR) is 105 cm³/mol. The number of aliphatic hydroxyl groups excluding tert-OH is 1. The summed E-state index contributed by atoms with van der Waals surface area (Å²) in [5.74, 6) is 0.460. The molecule has 0 aromatic heterocycles. The van der Waals surface area contributed by atoms with Crippen LogP contribution in [0.3, 0.4) is 0 Å². The Balaban J connectivity index is 1.67. The summed E-state index contributed by atoms with van der Waals surface area (Å²) < 4.78 is 19.2. The van der Waals surface area contributed by atoms with Gasteiger partial charge in [0.15, 0.2) is 0 Å². The van der Waals surface area contributed by atoms with Crippen LogP contribution in [0.4, 0.5) is 4.39 Å². The normalized spacial score (nSPS) is 23.7. The molecule has 1 heterocycles. The van der Waals surface area contributed by atoms with Crippen LogP contribution in [0.5, 0.6) is 5.75 Å². The summed E-state index contributed by atoms with van der Waals surface area (Å²) in [6.07, 6.45) is 3.89. The van der Waals surface area contributed by atoms with Crippen LogP contribution in [0.25, 0.3) is 0 Å². The average molecular weight is 383 g/mol. The number of hydrogen-bond donors (Lipinski definition) is 2. The second-order valence-corrected chi connectivity index (χ2v) is 8.39. The molecule has 2 aliphatic rings. The van der Waals surface area contributed by atoms with Crippen molar-refractivity contribution < 1.29 is 19.0 Å². The molecular weight excluding hydrogens is 357 g/mol. The van der Waals surface area contributed by atoms with E-state index < -0.39 is 23.6 Å². The number of benzene rings is 2. The summed E-state index contributed by atoms with van der Waals surface area (Å²) in [6.45, 7) is 3.62. The van der Waals surface area contributed by atoms with E-state index in [-0.39, 0.29) is 5.91 Å². The molecule has 1 amide bonds. The summed E-state index contributed by atoms with van der Waals surface area (Å²) in [4.78, 5) is 12.7. The van der Waals surface area contributed by atoms with E-state index in [9.17, 15) is 14.3 Å². The van der Waals surface area contributed by atoms with Crippen molar-refractivity contribution in [2.45, 2.75) is 63.2 Å². The van der Waals surface area contributed by atoms with Gasteiger partial charge in [-0.25, -0.2) is 4.39 Å². The molecule has 28 heavy (non-hydrogen) atoms. The zero-order chi connectivity index (χ0) is 19.9. The molecule has 2 atom stereocenters. The van der Waals surface area contributed by atoms with Crippen LogP contribution in [0.15, 0.2) is 42.5 Å². The minimum Gasteiger partial charge on any atom is -0.485 e. The summed E-state index contributed by atoms with van der Waals surface area (Å²) in [5, 5.41) is 13.9. The van der Waals surface area contributed by atoms with Crippen molar-refractivity contribution in [1.82, 2.24) is 5.32 Å². The van der Waals surface area contributed by atoms with E-state index in [4.69, 9.17) is 4.74 Å². The number of aliphatic hydroxyl groups is 1. The molecule has 1 fully saturated rings. The molecule has 4 nitrogen and oxygen atoms in total. The van der Waals surface area contributed by atoms with E-state index in [2.05, 4.69) is 17.4 Å². The fourth-order valence-electron chi connectivity index (χ4n) is 4.31. The third-order valence-corrected chi connectivity index (χ3v) is 5.99. The number of halogens is 1. The number of nitrogens with one attached hydrogen (secondary N) is 1. The number of hydrogen-bond acceptors (Lipinski definition) is 3. The highest BCUT2D eigenvalue weighted by Crippen LogP contribution is 2.43. The molecule has 2 aromatic carbocycles. The molecule has 1 aliphatic carbocycles. The number of amides is 1. The second kappa shape index (κ2) is 7.21. The third-order valence-electron chi connectivity index (χ3n) is 5.99. The molecule has 0 saturated heterocycles. The van der Waals surface area contributed by atoms with Gasteiger partial charge in [0.05, 0.1) is 6.04 Å². The van der Waals surface area contributed by atoms with Gasteiger partial charge >= 0.3 is 0 Å². The quantitative estimate of drug-likeness (QED) is 0.821. The molecule has 0 spiro atoms. The van der Waals surface area contributed by atoms with Gasteiger partial charge in [-0.3, -0.25) is 4.79 Å². The molecule has 5 heteroatoms. The maximum Gasteiger partial charge on any atom is 0.251 e. The van der Waals surface area contributed by atoms with Gasteiger partial charge < -0.3 is 15.2 Å². The third kappa shape index (κ3) is 3.51.